The number of amides is 1. The van der Waals surface area contributed by atoms with E-state index in [1.165, 1.54) is 6.08 Å². The van der Waals surface area contributed by atoms with Crippen molar-refractivity contribution in [1.29, 1.82) is 0 Å². The van der Waals surface area contributed by atoms with E-state index in [0.29, 0.717) is 6.42 Å². The number of benzene rings is 3. The molecule has 34 heavy (non-hydrogen) atoms. The second kappa shape index (κ2) is 10.2. The van der Waals surface area contributed by atoms with Gasteiger partial charge in [0.05, 0.1) is 11.4 Å². The lowest BCUT2D eigenvalue weighted by atomic mass is 10.0. The highest BCUT2D eigenvalue weighted by atomic mass is 16.4. The molecule has 6 nitrogen and oxygen atoms in total. The van der Waals surface area contributed by atoms with E-state index < -0.39 is 17.9 Å². The number of aliphatic carboxylic acids is 1. The molecule has 1 aromatic heterocycles. The van der Waals surface area contributed by atoms with E-state index in [1.807, 2.05) is 68.6 Å². The monoisotopic (exact) mass is 453 g/mol. The lowest BCUT2D eigenvalue weighted by Crippen LogP contribution is -2.40. The first kappa shape index (κ1) is 23.0. The molecule has 0 aliphatic carbocycles. The molecule has 0 unspecified atom stereocenters. The predicted octanol–water partition coefficient (Wildman–Crippen LogP) is 5.32. The van der Waals surface area contributed by atoms with Crippen molar-refractivity contribution in [2.24, 2.45) is 5.92 Å². The zero-order chi connectivity index (χ0) is 24.1. The Hall–Kier alpha value is -4.19. The third kappa shape index (κ3) is 5.41. The molecule has 4 rings (SSSR count). The Morgan fingerprint density at radius 2 is 1.71 bits per heavy atom. The normalized spacial score (nSPS) is 12.3. The maximum atomic E-state index is 12.5. The number of carbonyl (C=O) groups excluding carboxylic acids is 1. The Labute approximate surface area is 198 Å². The zero-order valence-corrected chi connectivity index (χ0v) is 19.2. The summed E-state index contributed by atoms with van der Waals surface area (Å²) in [4.78, 5) is 24.0. The van der Waals surface area contributed by atoms with E-state index in [2.05, 4.69) is 29.6 Å². The van der Waals surface area contributed by atoms with Crippen molar-refractivity contribution in [3.05, 3.63) is 90.6 Å². The summed E-state index contributed by atoms with van der Waals surface area (Å²) in [6.07, 6.45) is 5.28. The largest absolute Gasteiger partial charge is 0.480 e. The van der Waals surface area contributed by atoms with Gasteiger partial charge < -0.3 is 10.4 Å². The third-order valence-electron chi connectivity index (χ3n) is 5.52. The number of para-hydroxylation sites is 1. The molecule has 2 N–H and O–H groups in total. The molecule has 1 atom stereocenters. The lowest BCUT2D eigenvalue weighted by Gasteiger charge is -2.15. The first-order valence-corrected chi connectivity index (χ1v) is 11.3. The van der Waals surface area contributed by atoms with Crippen LogP contribution in [0.2, 0.25) is 0 Å². The van der Waals surface area contributed by atoms with Crippen LogP contribution in [0.5, 0.6) is 0 Å². The Morgan fingerprint density at radius 1 is 1.00 bits per heavy atom. The van der Waals surface area contributed by atoms with Crippen LogP contribution < -0.4 is 5.32 Å². The van der Waals surface area contributed by atoms with Gasteiger partial charge in [0.1, 0.15) is 6.04 Å². The SMILES string of the molecule is CC(C)C[C@H](NC(=O)/C=C/c1cn(-c2ccccc2)nc1-c1ccc2ccccc2c1)C(=O)O. The Morgan fingerprint density at radius 3 is 2.41 bits per heavy atom. The van der Waals surface area contributed by atoms with E-state index >= 15 is 0 Å². The summed E-state index contributed by atoms with van der Waals surface area (Å²) in [5.41, 5.74) is 3.31. The molecule has 0 aliphatic rings. The van der Waals surface area contributed by atoms with Crippen LogP contribution in [0.4, 0.5) is 0 Å². The molecule has 4 aromatic rings. The molecule has 6 heteroatoms. The molecule has 1 amide bonds. The van der Waals surface area contributed by atoms with Gasteiger partial charge >= 0.3 is 5.97 Å². The summed E-state index contributed by atoms with van der Waals surface area (Å²) >= 11 is 0. The number of hydrogen-bond acceptors (Lipinski definition) is 3. The fourth-order valence-electron chi connectivity index (χ4n) is 3.86. The molecule has 0 fully saturated rings. The van der Waals surface area contributed by atoms with Gasteiger partial charge in [-0.25, -0.2) is 9.48 Å². The number of rotatable bonds is 8. The quantitative estimate of drug-likeness (QED) is 0.354. The Bertz CT molecular complexity index is 1340. The molecule has 0 bridgehead atoms. The van der Waals surface area contributed by atoms with Gasteiger partial charge in [0.15, 0.2) is 0 Å². The number of carbonyl (C=O) groups is 2. The third-order valence-corrected chi connectivity index (χ3v) is 5.52. The molecule has 0 saturated heterocycles. The Kier molecular flexibility index (Phi) is 6.87. The number of hydrogen-bond donors (Lipinski definition) is 2. The van der Waals surface area contributed by atoms with Crippen LogP contribution in [0.1, 0.15) is 25.8 Å². The summed E-state index contributed by atoms with van der Waals surface area (Å²) in [5, 5.41) is 19.0. The molecule has 0 spiro atoms. The topological polar surface area (TPSA) is 84.2 Å². The maximum absolute atomic E-state index is 12.5. The van der Waals surface area contributed by atoms with Gasteiger partial charge in [-0.15, -0.1) is 0 Å². The molecule has 0 radical (unpaired) electrons. The molecule has 0 aliphatic heterocycles. The van der Waals surface area contributed by atoms with Crippen molar-refractivity contribution in [3.63, 3.8) is 0 Å². The summed E-state index contributed by atoms with van der Waals surface area (Å²) in [6, 6.07) is 23.1. The second-order valence-electron chi connectivity index (χ2n) is 8.64. The number of fused-ring (bicyclic) bond motifs is 1. The molecule has 0 saturated carbocycles. The van der Waals surface area contributed by atoms with Crippen molar-refractivity contribution in [3.8, 4) is 16.9 Å². The van der Waals surface area contributed by atoms with E-state index in [4.69, 9.17) is 5.10 Å². The number of nitrogens with one attached hydrogen (secondary N) is 1. The highest BCUT2D eigenvalue weighted by Gasteiger charge is 2.20. The van der Waals surface area contributed by atoms with Crippen LogP contribution in [-0.2, 0) is 9.59 Å². The van der Waals surface area contributed by atoms with Gasteiger partial charge in [-0.05, 0) is 47.4 Å². The van der Waals surface area contributed by atoms with Gasteiger partial charge in [0, 0.05) is 23.4 Å². The number of carboxylic acid groups (broad SMARTS) is 1. The minimum absolute atomic E-state index is 0.147. The summed E-state index contributed by atoms with van der Waals surface area (Å²) in [6.45, 7) is 3.84. The van der Waals surface area contributed by atoms with Gasteiger partial charge in [-0.3, -0.25) is 4.79 Å². The molecule has 172 valence electrons. The predicted molar refractivity (Wildman–Crippen MR) is 135 cm³/mol. The van der Waals surface area contributed by atoms with Gasteiger partial charge in [-0.2, -0.15) is 5.10 Å². The number of aromatic nitrogens is 2. The first-order valence-electron chi connectivity index (χ1n) is 11.3. The van der Waals surface area contributed by atoms with Crippen LogP contribution in [0.3, 0.4) is 0 Å². The molecule has 3 aromatic carbocycles. The maximum Gasteiger partial charge on any atom is 0.326 e. The standard InChI is InChI=1S/C28H27N3O3/c1-19(2)16-25(28(33)34)29-26(32)15-14-23-18-31(24-10-4-3-5-11-24)30-27(23)22-13-12-20-8-6-7-9-21(20)17-22/h3-15,17-19,25H,16H2,1-2H3,(H,29,32)(H,33,34)/b15-14+/t25-/m0/s1. The van der Waals surface area contributed by atoms with E-state index in [9.17, 15) is 14.7 Å². The van der Waals surface area contributed by atoms with Crippen molar-refractivity contribution >= 4 is 28.7 Å². The second-order valence-corrected chi connectivity index (χ2v) is 8.64. The average Bonchev–Trinajstić information content (AvgIpc) is 3.26. The minimum Gasteiger partial charge on any atom is -0.480 e. The van der Waals surface area contributed by atoms with Crippen LogP contribution in [-0.4, -0.2) is 32.8 Å². The number of carboxylic acids is 1. The van der Waals surface area contributed by atoms with Gasteiger partial charge in [-0.1, -0.05) is 68.4 Å². The fraction of sp³-hybridized carbons (Fsp3) is 0.179. The van der Waals surface area contributed by atoms with Crippen molar-refractivity contribution in [2.45, 2.75) is 26.3 Å². The van der Waals surface area contributed by atoms with E-state index in [1.54, 1.807) is 10.8 Å². The van der Waals surface area contributed by atoms with E-state index in [0.717, 1.165) is 33.3 Å². The van der Waals surface area contributed by atoms with Crippen molar-refractivity contribution in [2.75, 3.05) is 0 Å². The van der Waals surface area contributed by atoms with Crippen molar-refractivity contribution < 1.29 is 14.7 Å². The van der Waals surface area contributed by atoms with Gasteiger partial charge in [0.25, 0.3) is 0 Å². The molecule has 1 heterocycles. The summed E-state index contributed by atoms with van der Waals surface area (Å²) < 4.78 is 1.78. The first-order chi connectivity index (χ1) is 16.4. The number of nitrogens with zero attached hydrogens (tertiary/aromatic N) is 2. The van der Waals surface area contributed by atoms with Crippen LogP contribution >= 0.6 is 0 Å². The highest BCUT2D eigenvalue weighted by molar-refractivity contribution is 5.95. The summed E-state index contributed by atoms with van der Waals surface area (Å²) in [5.74, 6) is -1.34. The lowest BCUT2D eigenvalue weighted by molar-refractivity contribution is -0.141. The van der Waals surface area contributed by atoms with Crippen LogP contribution in [0.15, 0.2) is 85.1 Å². The average molecular weight is 454 g/mol. The highest BCUT2D eigenvalue weighted by Crippen LogP contribution is 2.28. The summed E-state index contributed by atoms with van der Waals surface area (Å²) in [7, 11) is 0. The Balaban J connectivity index is 1.68. The smallest absolute Gasteiger partial charge is 0.326 e. The molecular weight excluding hydrogens is 426 g/mol. The molecular formula is C28H27N3O3. The van der Waals surface area contributed by atoms with Crippen LogP contribution in [0, 0.1) is 5.92 Å². The fourth-order valence-corrected chi connectivity index (χ4v) is 3.86. The minimum atomic E-state index is -1.04. The van der Waals surface area contributed by atoms with E-state index in [-0.39, 0.29) is 5.92 Å². The van der Waals surface area contributed by atoms with Crippen molar-refractivity contribution in [1.82, 2.24) is 15.1 Å². The van der Waals surface area contributed by atoms with Crippen LogP contribution in [0.25, 0.3) is 33.8 Å². The van der Waals surface area contributed by atoms with Gasteiger partial charge in [0.2, 0.25) is 5.91 Å². The zero-order valence-electron chi connectivity index (χ0n) is 19.2.